The van der Waals surface area contributed by atoms with Crippen LogP contribution in [0.15, 0.2) is 18.2 Å². The summed E-state index contributed by atoms with van der Waals surface area (Å²) in [5, 5.41) is 12.2. The second kappa shape index (κ2) is 3.37. The average molecular weight is 341 g/mol. The summed E-state index contributed by atoms with van der Waals surface area (Å²) in [7, 11) is 0. The Morgan fingerprint density at radius 1 is 1.25 bits per heavy atom. The number of rotatable bonds is 4. The van der Waals surface area contributed by atoms with Gasteiger partial charge in [0, 0.05) is 10.4 Å². The third-order valence-corrected chi connectivity index (χ3v) is 8.84. The Morgan fingerprint density at radius 2 is 1.96 bits per heavy atom. The van der Waals surface area contributed by atoms with Gasteiger partial charge in [-0.25, -0.2) is 0 Å². The summed E-state index contributed by atoms with van der Waals surface area (Å²) in [6.07, 6.45) is 0. The average Bonchev–Trinajstić information content (AvgIpc) is 3.01. The first kappa shape index (κ1) is 12.7. The van der Waals surface area contributed by atoms with Crippen LogP contribution in [0.5, 0.6) is 0 Å². The van der Waals surface area contributed by atoms with Crippen LogP contribution in [0.25, 0.3) is 10.9 Å². The molecule has 122 valence electrons. The summed E-state index contributed by atoms with van der Waals surface area (Å²) in [4.78, 5) is 12.9. The second-order valence-corrected chi connectivity index (χ2v) is 8.89. The topological polar surface area (TPSA) is 83.8 Å². The lowest BCUT2D eigenvalue weighted by Gasteiger charge is -3.10. The van der Waals surface area contributed by atoms with Crippen molar-refractivity contribution in [1.82, 2.24) is 15.5 Å². The highest BCUT2D eigenvalue weighted by atomic mass is 35.5. The van der Waals surface area contributed by atoms with Gasteiger partial charge in [0.15, 0.2) is 0 Å². The summed E-state index contributed by atoms with van der Waals surface area (Å²) >= 11 is 6.08. The van der Waals surface area contributed by atoms with E-state index in [1.807, 2.05) is 18.2 Å². The summed E-state index contributed by atoms with van der Waals surface area (Å²) in [5.41, 5.74) is 8.29. The van der Waals surface area contributed by atoms with Crippen molar-refractivity contribution in [2.24, 2.45) is 52.1 Å². The highest BCUT2D eigenvalue weighted by molar-refractivity contribution is 6.31. The molecule has 1 aromatic heterocycles. The summed E-state index contributed by atoms with van der Waals surface area (Å²) in [6.45, 7) is 1.33. The molecular weight excluding hydrogens is 324 g/mol. The van der Waals surface area contributed by atoms with Crippen LogP contribution in [0, 0.1) is 46.3 Å². The normalized spacial score (nSPS) is 50.1. The van der Waals surface area contributed by atoms with Crippen molar-refractivity contribution in [3.63, 3.8) is 0 Å². The standard InChI is InChI=1S/C18H17ClN4O/c19-6-1-2-8-7(3-6)9(23-22-8)4-21-16(24)18-13-10-14(18)12-15(18)11(13)17(10,12)5-20/h1-3,10-15H,4-5,20H2,(H,21,24)(H,22,23). The maximum Gasteiger partial charge on any atom is 0.227 e. The fourth-order valence-corrected chi connectivity index (χ4v) is 8.28. The molecule has 6 heteroatoms. The molecule has 6 aliphatic rings. The van der Waals surface area contributed by atoms with E-state index in [-0.39, 0.29) is 11.3 Å². The van der Waals surface area contributed by atoms with Crippen molar-refractivity contribution < 1.29 is 4.79 Å². The fraction of sp³-hybridized carbons (Fsp3) is 0.556. The zero-order chi connectivity index (χ0) is 16.0. The van der Waals surface area contributed by atoms with Crippen molar-refractivity contribution in [3.8, 4) is 0 Å². The van der Waals surface area contributed by atoms with E-state index in [1.165, 1.54) is 0 Å². The first-order valence-electron chi connectivity index (χ1n) is 8.78. The molecule has 6 saturated carbocycles. The predicted octanol–water partition coefficient (Wildman–Crippen LogP) is 1.53. The molecule has 5 nitrogen and oxygen atoms in total. The molecule has 1 amide bonds. The van der Waals surface area contributed by atoms with Crippen LogP contribution in [0.1, 0.15) is 5.69 Å². The Hall–Kier alpha value is -1.59. The number of amides is 1. The second-order valence-electron chi connectivity index (χ2n) is 8.45. The van der Waals surface area contributed by atoms with Gasteiger partial charge in [0.2, 0.25) is 5.91 Å². The van der Waals surface area contributed by atoms with Gasteiger partial charge in [-0.1, -0.05) is 11.6 Å². The molecule has 24 heavy (non-hydrogen) atoms. The molecule has 2 aromatic rings. The van der Waals surface area contributed by atoms with E-state index in [2.05, 4.69) is 15.5 Å². The SMILES string of the molecule is NCC12C3C4C1C1C2C3C41C(=O)NCc1[nH]nc2ccc(Cl)cc12. The maximum absolute atomic E-state index is 12.9. The van der Waals surface area contributed by atoms with Crippen LogP contribution >= 0.6 is 11.6 Å². The molecule has 4 N–H and O–H groups in total. The molecule has 0 saturated heterocycles. The van der Waals surface area contributed by atoms with Gasteiger partial charge in [0.25, 0.3) is 0 Å². The minimum atomic E-state index is -0.00953. The number of carbonyl (C=O) groups excluding carboxylic acids is 1. The van der Waals surface area contributed by atoms with E-state index in [4.69, 9.17) is 17.3 Å². The van der Waals surface area contributed by atoms with E-state index in [0.29, 0.717) is 34.7 Å². The third-order valence-electron chi connectivity index (χ3n) is 8.61. The van der Waals surface area contributed by atoms with Gasteiger partial charge in [-0.2, -0.15) is 5.10 Å². The maximum atomic E-state index is 12.9. The first-order chi connectivity index (χ1) is 11.7. The number of hydrogen-bond donors (Lipinski definition) is 3. The van der Waals surface area contributed by atoms with Crippen molar-refractivity contribution in [1.29, 1.82) is 0 Å². The Balaban J connectivity index is 1.13. The van der Waals surface area contributed by atoms with Gasteiger partial charge in [-0.15, -0.1) is 0 Å². The molecule has 1 heterocycles. The minimum Gasteiger partial charge on any atom is -0.350 e. The van der Waals surface area contributed by atoms with E-state index in [0.717, 1.165) is 40.9 Å². The molecule has 0 aliphatic heterocycles. The number of nitrogens with zero attached hydrogens (tertiary/aromatic N) is 1. The number of fused-ring (bicyclic) bond motifs is 1. The Kier molecular flexibility index (Phi) is 1.79. The van der Waals surface area contributed by atoms with Gasteiger partial charge >= 0.3 is 0 Å². The van der Waals surface area contributed by atoms with Crippen LogP contribution in [-0.2, 0) is 11.3 Å². The van der Waals surface area contributed by atoms with E-state index in [9.17, 15) is 4.79 Å². The molecule has 0 unspecified atom stereocenters. The van der Waals surface area contributed by atoms with E-state index >= 15 is 0 Å². The Morgan fingerprint density at radius 3 is 2.62 bits per heavy atom. The van der Waals surface area contributed by atoms with Gasteiger partial charge in [0.05, 0.1) is 23.2 Å². The van der Waals surface area contributed by atoms with E-state index < -0.39 is 0 Å². The van der Waals surface area contributed by atoms with Crippen molar-refractivity contribution in [2.45, 2.75) is 6.54 Å². The Bertz CT molecular complexity index is 912. The molecule has 0 bridgehead atoms. The first-order valence-corrected chi connectivity index (χ1v) is 9.16. The Labute approximate surface area is 143 Å². The van der Waals surface area contributed by atoms with E-state index in [1.54, 1.807) is 0 Å². The molecular formula is C18H17ClN4O. The number of aromatic nitrogens is 2. The number of hydrogen-bond acceptors (Lipinski definition) is 3. The van der Waals surface area contributed by atoms with Gasteiger partial charge in [-0.05, 0) is 65.7 Å². The van der Waals surface area contributed by atoms with Crippen LogP contribution in [0.2, 0.25) is 5.02 Å². The molecule has 0 spiro atoms. The fourth-order valence-electron chi connectivity index (χ4n) is 8.11. The molecule has 0 radical (unpaired) electrons. The van der Waals surface area contributed by atoms with Gasteiger partial charge in [0.1, 0.15) is 0 Å². The number of carbonyl (C=O) groups is 1. The van der Waals surface area contributed by atoms with Gasteiger partial charge < -0.3 is 11.1 Å². The monoisotopic (exact) mass is 340 g/mol. The number of benzene rings is 1. The van der Waals surface area contributed by atoms with Gasteiger partial charge in [-0.3, -0.25) is 9.89 Å². The molecule has 0 atom stereocenters. The summed E-state index contributed by atoms with van der Waals surface area (Å²) in [6, 6.07) is 5.62. The number of nitrogens with one attached hydrogen (secondary N) is 2. The largest absolute Gasteiger partial charge is 0.350 e. The zero-order valence-corrected chi connectivity index (χ0v) is 13.7. The van der Waals surface area contributed by atoms with Crippen molar-refractivity contribution in [2.75, 3.05) is 6.54 Å². The highest BCUT2D eigenvalue weighted by Crippen LogP contribution is 3.10. The molecule has 1 aromatic carbocycles. The lowest BCUT2D eigenvalue weighted by molar-refractivity contribution is -0.638. The number of halogens is 1. The number of aromatic amines is 1. The summed E-state index contributed by atoms with van der Waals surface area (Å²) in [5.74, 6) is 4.54. The van der Waals surface area contributed by atoms with Crippen LogP contribution in [-0.4, -0.2) is 22.6 Å². The summed E-state index contributed by atoms with van der Waals surface area (Å²) < 4.78 is 0. The quantitative estimate of drug-likeness (QED) is 0.789. The molecule has 8 rings (SSSR count). The lowest BCUT2D eigenvalue weighted by Crippen LogP contribution is -3.12. The third kappa shape index (κ3) is 0.863. The smallest absolute Gasteiger partial charge is 0.227 e. The van der Waals surface area contributed by atoms with Crippen molar-refractivity contribution in [3.05, 3.63) is 28.9 Å². The number of nitrogens with two attached hydrogens (primary N) is 1. The van der Waals surface area contributed by atoms with Crippen LogP contribution < -0.4 is 11.1 Å². The highest BCUT2D eigenvalue weighted by Gasteiger charge is 3.10. The molecule has 6 aliphatic carbocycles. The van der Waals surface area contributed by atoms with Crippen LogP contribution in [0.4, 0.5) is 0 Å². The lowest BCUT2D eigenvalue weighted by atomic mass is 8.92. The minimum absolute atomic E-state index is 0.00953. The zero-order valence-electron chi connectivity index (χ0n) is 12.9. The number of H-pyrrole nitrogens is 1. The van der Waals surface area contributed by atoms with Crippen LogP contribution in [0.3, 0.4) is 0 Å². The predicted molar refractivity (Wildman–Crippen MR) is 87.8 cm³/mol. The van der Waals surface area contributed by atoms with Crippen molar-refractivity contribution >= 4 is 28.4 Å². The molecule has 6 fully saturated rings.